The molecule has 0 bridgehead atoms. The Morgan fingerprint density at radius 1 is 0.259 bits per heavy atom. The Kier molecular flexibility index (Phi) is 63.4. The number of unbranched alkanes of at least 4 members (excludes halogenated alkanes) is 21. The van der Waals surface area contributed by atoms with Crippen LogP contribution in [-0.4, -0.2) is 37.2 Å². The zero-order chi connectivity index (χ0) is 58.5. The second-order valence-corrected chi connectivity index (χ2v) is 21.3. The third-order valence-electron chi connectivity index (χ3n) is 13.5. The summed E-state index contributed by atoms with van der Waals surface area (Å²) in [5.74, 6) is -0.939. The quantitative estimate of drug-likeness (QED) is 0.0261. The van der Waals surface area contributed by atoms with Gasteiger partial charge in [0.2, 0.25) is 0 Å². The van der Waals surface area contributed by atoms with Gasteiger partial charge in [-0.05, 0) is 148 Å². The van der Waals surface area contributed by atoms with Crippen molar-refractivity contribution in [1.29, 1.82) is 0 Å². The van der Waals surface area contributed by atoms with Crippen LogP contribution in [0.2, 0.25) is 0 Å². The third-order valence-corrected chi connectivity index (χ3v) is 13.5. The minimum absolute atomic E-state index is 0.0991. The minimum atomic E-state index is -0.805. The average molecular weight is 1120 g/mol. The summed E-state index contributed by atoms with van der Waals surface area (Å²) in [6.07, 6.45) is 98.1. The lowest BCUT2D eigenvalue weighted by molar-refractivity contribution is -0.167. The van der Waals surface area contributed by atoms with E-state index in [-0.39, 0.29) is 31.1 Å². The van der Waals surface area contributed by atoms with Crippen LogP contribution >= 0.6 is 0 Å². The van der Waals surface area contributed by atoms with Crippen LogP contribution in [0.25, 0.3) is 0 Å². The van der Waals surface area contributed by atoms with Gasteiger partial charge >= 0.3 is 17.9 Å². The van der Waals surface area contributed by atoms with Gasteiger partial charge in [0.1, 0.15) is 13.2 Å². The van der Waals surface area contributed by atoms with Crippen LogP contribution in [0.4, 0.5) is 0 Å². The first-order chi connectivity index (χ1) is 40.0. The SMILES string of the molecule is CC/C=C\C/C=C\C/C=C\C/C=C\C/C=C\C/C=C\C/C=C\CCCCCCCC(=O)OCC(COC(=O)CCCCCCC/C=C\CCCCCC)OC(=O)CCCCCCCCC/C=C\C/C=C\C/C=C\C/C=C\C/C=C\CC. The van der Waals surface area contributed by atoms with Gasteiger partial charge in [0.05, 0.1) is 0 Å². The number of hydrogen-bond donors (Lipinski definition) is 0. The van der Waals surface area contributed by atoms with E-state index >= 15 is 0 Å². The van der Waals surface area contributed by atoms with Gasteiger partial charge in [-0.2, -0.15) is 0 Å². The van der Waals surface area contributed by atoms with Crippen molar-refractivity contribution in [3.8, 4) is 0 Å². The lowest BCUT2D eigenvalue weighted by Crippen LogP contribution is -2.30. The summed E-state index contributed by atoms with van der Waals surface area (Å²) in [6.45, 7) is 6.37. The van der Waals surface area contributed by atoms with Gasteiger partial charge in [0.25, 0.3) is 0 Å². The summed E-state index contributed by atoms with van der Waals surface area (Å²) in [4.78, 5) is 38.4. The predicted octanol–water partition coefficient (Wildman–Crippen LogP) is 22.9. The fraction of sp³-hybridized carbons (Fsp3) is 0.613. The fourth-order valence-electron chi connectivity index (χ4n) is 8.62. The van der Waals surface area contributed by atoms with Gasteiger partial charge in [0, 0.05) is 19.3 Å². The molecule has 0 aromatic rings. The maximum Gasteiger partial charge on any atom is 0.306 e. The summed E-state index contributed by atoms with van der Waals surface area (Å²) in [7, 11) is 0. The molecule has 0 aliphatic heterocycles. The Bertz CT molecular complexity index is 1810. The number of allylic oxidation sites excluding steroid dienone is 26. The largest absolute Gasteiger partial charge is 0.462 e. The number of carbonyl (C=O) groups is 3. The average Bonchev–Trinajstić information content (AvgIpc) is 3.46. The highest BCUT2D eigenvalue weighted by Crippen LogP contribution is 2.14. The van der Waals surface area contributed by atoms with E-state index in [1.807, 2.05) is 0 Å². The molecule has 0 rings (SSSR count). The molecule has 0 fully saturated rings. The smallest absolute Gasteiger partial charge is 0.306 e. The van der Waals surface area contributed by atoms with Crippen molar-refractivity contribution in [2.24, 2.45) is 0 Å². The molecule has 0 aliphatic carbocycles. The monoisotopic (exact) mass is 1120 g/mol. The van der Waals surface area contributed by atoms with Gasteiger partial charge in [-0.1, -0.05) is 269 Å². The van der Waals surface area contributed by atoms with Crippen LogP contribution in [-0.2, 0) is 28.6 Å². The lowest BCUT2D eigenvalue weighted by Gasteiger charge is -2.18. The molecule has 0 N–H and O–H groups in total. The van der Waals surface area contributed by atoms with E-state index in [2.05, 4.69) is 179 Å². The highest BCUT2D eigenvalue weighted by molar-refractivity contribution is 5.71. The van der Waals surface area contributed by atoms with Crippen molar-refractivity contribution in [2.75, 3.05) is 13.2 Å². The van der Waals surface area contributed by atoms with E-state index in [1.54, 1.807) is 0 Å². The fourth-order valence-corrected chi connectivity index (χ4v) is 8.62. The third kappa shape index (κ3) is 65.7. The highest BCUT2D eigenvalue weighted by atomic mass is 16.6. The molecule has 0 aliphatic rings. The standard InChI is InChI=1S/C75H120O6/c1-4-7-10-13-16-19-22-25-27-29-31-33-35-36-37-38-40-41-43-45-47-50-53-56-59-62-65-68-74(77)80-71-72(70-79-73(76)67-64-61-58-55-52-49-24-21-18-15-12-9-6-3)81-75(78)69-66-63-60-57-54-51-48-46-44-42-39-34-32-30-28-26-23-20-17-14-11-8-5-2/h7-8,10-11,16-17,19-21,24-28,31-34,36-37,40-42,44-45,47,72H,4-6,9,12-15,18,22-23,29-30,35,38-39,43,46,48-71H2,1-3H3/b10-7-,11-8-,19-16-,20-17-,24-21-,27-25-,28-26-,33-31-,34-32-,37-36-,41-40-,44-42-,47-45-. The van der Waals surface area contributed by atoms with Crippen LogP contribution < -0.4 is 0 Å². The van der Waals surface area contributed by atoms with Crippen molar-refractivity contribution in [3.63, 3.8) is 0 Å². The zero-order valence-electron chi connectivity index (χ0n) is 52.2. The van der Waals surface area contributed by atoms with Crippen molar-refractivity contribution < 1.29 is 28.6 Å². The molecule has 0 saturated carbocycles. The molecule has 0 heterocycles. The van der Waals surface area contributed by atoms with Crippen LogP contribution in [0, 0.1) is 0 Å². The second kappa shape index (κ2) is 67.5. The Morgan fingerprint density at radius 2 is 0.481 bits per heavy atom. The van der Waals surface area contributed by atoms with Crippen molar-refractivity contribution >= 4 is 17.9 Å². The minimum Gasteiger partial charge on any atom is -0.462 e. The molecule has 6 heteroatoms. The van der Waals surface area contributed by atoms with Gasteiger partial charge in [0.15, 0.2) is 6.10 Å². The highest BCUT2D eigenvalue weighted by Gasteiger charge is 2.19. The molecule has 0 saturated heterocycles. The van der Waals surface area contributed by atoms with Gasteiger partial charge in [-0.15, -0.1) is 0 Å². The summed E-state index contributed by atoms with van der Waals surface area (Å²) >= 11 is 0. The molecule has 0 aromatic carbocycles. The number of rotatable bonds is 58. The molecule has 1 unspecified atom stereocenters. The molecular weight excluding hydrogens is 997 g/mol. The maximum absolute atomic E-state index is 12.9. The van der Waals surface area contributed by atoms with Crippen molar-refractivity contribution in [3.05, 3.63) is 158 Å². The first-order valence-electron chi connectivity index (χ1n) is 33.0. The van der Waals surface area contributed by atoms with Crippen LogP contribution in [0.5, 0.6) is 0 Å². The van der Waals surface area contributed by atoms with Crippen molar-refractivity contribution in [1.82, 2.24) is 0 Å². The first kappa shape index (κ1) is 76.0. The summed E-state index contributed by atoms with van der Waals surface area (Å²) in [5.41, 5.74) is 0. The normalized spacial score (nSPS) is 13.2. The second-order valence-electron chi connectivity index (χ2n) is 21.3. The molecule has 81 heavy (non-hydrogen) atoms. The molecule has 0 aromatic heterocycles. The summed E-state index contributed by atoms with van der Waals surface area (Å²) < 4.78 is 16.9. The molecular formula is C75H120O6. The van der Waals surface area contributed by atoms with Gasteiger partial charge in [-0.25, -0.2) is 0 Å². The van der Waals surface area contributed by atoms with E-state index in [9.17, 15) is 14.4 Å². The molecule has 0 spiro atoms. The Balaban J connectivity index is 4.43. The lowest BCUT2D eigenvalue weighted by atomic mass is 10.1. The Hall–Kier alpha value is -4.97. The van der Waals surface area contributed by atoms with Crippen LogP contribution in [0.15, 0.2) is 158 Å². The maximum atomic E-state index is 12.9. The number of esters is 3. The number of carbonyl (C=O) groups excluding carboxylic acids is 3. The Morgan fingerprint density at radius 3 is 0.765 bits per heavy atom. The van der Waals surface area contributed by atoms with Gasteiger partial charge < -0.3 is 14.2 Å². The molecule has 456 valence electrons. The van der Waals surface area contributed by atoms with Crippen LogP contribution in [0.1, 0.15) is 278 Å². The van der Waals surface area contributed by atoms with Gasteiger partial charge in [-0.3, -0.25) is 14.4 Å². The molecule has 1 atom stereocenters. The first-order valence-corrected chi connectivity index (χ1v) is 33.0. The summed E-state index contributed by atoms with van der Waals surface area (Å²) in [6, 6.07) is 0. The van der Waals surface area contributed by atoms with E-state index < -0.39 is 6.10 Å². The van der Waals surface area contributed by atoms with E-state index in [0.29, 0.717) is 19.3 Å². The summed E-state index contributed by atoms with van der Waals surface area (Å²) in [5, 5.41) is 0. The van der Waals surface area contributed by atoms with E-state index in [4.69, 9.17) is 14.2 Å². The van der Waals surface area contributed by atoms with Crippen molar-refractivity contribution in [2.45, 2.75) is 284 Å². The van der Waals surface area contributed by atoms with E-state index in [0.717, 1.165) is 180 Å². The predicted molar refractivity (Wildman–Crippen MR) is 352 cm³/mol. The zero-order valence-corrected chi connectivity index (χ0v) is 52.2. The number of hydrogen-bond acceptors (Lipinski definition) is 6. The molecule has 6 nitrogen and oxygen atoms in total. The topological polar surface area (TPSA) is 78.9 Å². The van der Waals surface area contributed by atoms with Crippen LogP contribution in [0.3, 0.4) is 0 Å². The Labute approximate surface area is 499 Å². The number of ether oxygens (including phenoxy) is 3. The molecule has 0 radical (unpaired) electrons. The van der Waals surface area contributed by atoms with E-state index in [1.165, 1.54) is 57.8 Å². The molecule has 0 amide bonds.